The van der Waals surface area contributed by atoms with Crippen molar-refractivity contribution in [2.45, 2.75) is 20.0 Å². The van der Waals surface area contributed by atoms with Gasteiger partial charge in [-0.1, -0.05) is 39.7 Å². The van der Waals surface area contributed by atoms with E-state index in [4.69, 9.17) is 11.6 Å². The molecule has 0 saturated heterocycles. The summed E-state index contributed by atoms with van der Waals surface area (Å²) in [6.45, 7) is 3.26. The van der Waals surface area contributed by atoms with Crippen molar-refractivity contribution in [3.8, 4) is 0 Å². The predicted molar refractivity (Wildman–Crippen MR) is 83.9 cm³/mol. The van der Waals surface area contributed by atoms with Gasteiger partial charge in [-0.05, 0) is 47.9 Å². The summed E-state index contributed by atoms with van der Waals surface area (Å²) in [6, 6.07) is 11.6. The molecule has 20 heavy (non-hydrogen) atoms. The number of benzene rings is 2. The highest BCUT2D eigenvalue weighted by molar-refractivity contribution is 9.10. The highest BCUT2D eigenvalue weighted by Gasteiger charge is 2.29. The van der Waals surface area contributed by atoms with Crippen molar-refractivity contribution in [2.75, 3.05) is 0 Å². The second-order valence-electron chi connectivity index (χ2n) is 5.04. The standard InChI is InChI=1S/C16H13BrClNO/c1-10-6-13(17)7-12-9-19(16(20)15(10)12)8-11-2-4-14(18)5-3-11/h2-7H,8-9H2,1H3. The van der Waals surface area contributed by atoms with E-state index < -0.39 is 0 Å². The lowest BCUT2D eigenvalue weighted by Gasteiger charge is -2.15. The van der Waals surface area contributed by atoms with Gasteiger partial charge in [0.1, 0.15) is 0 Å². The molecule has 102 valence electrons. The van der Waals surface area contributed by atoms with E-state index >= 15 is 0 Å². The number of hydrogen-bond acceptors (Lipinski definition) is 1. The van der Waals surface area contributed by atoms with E-state index in [1.165, 1.54) is 0 Å². The van der Waals surface area contributed by atoms with Gasteiger partial charge < -0.3 is 4.90 Å². The van der Waals surface area contributed by atoms with Gasteiger partial charge >= 0.3 is 0 Å². The fourth-order valence-corrected chi connectivity index (χ4v) is 3.36. The second-order valence-corrected chi connectivity index (χ2v) is 6.40. The van der Waals surface area contributed by atoms with Crippen molar-refractivity contribution in [1.29, 1.82) is 0 Å². The van der Waals surface area contributed by atoms with Crippen molar-refractivity contribution < 1.29 is 4.79 Å². The Morgan fingerprint density at radius 2 is 1.95 bits per heavy atom. The molecule has 0 radical (unpaired) electrons. The number of fused-ring (bicyclic) bond motifs is 1. The lowest BCUT2D eigenvalue weighted by molar-refractivity contribution is 0.0766. The third-order valence-corrected chi connectivity index (χ3v) is 4.24. The zero-order chi connectivity index (χ0) is 14.3. The van der Waals surface area contributed by atoms with Crippen LogP contribution in [0.3, 0.4) is 0 Å². The zero-order valence-electron chi connectivity index (χ0n) is 11.0. The number of nitrogens with zero attached hydrogens (tertiary/aromatic N) is 1. The second kappa shape index (κ2) is 5.23. The minimum absolute atomic E-state index is 0.111. The Kier molecular flexibility index (Phi) is 3.57. The van der Waals surface area contributed by atoms with Crippen molar-refractivity contribution >= 4 is 33.4 Å². The first-order valence-electron chi connectivity index (χ1n) is 6.37. The van der Waals surface area contributed by atoms with Gasteiger partial charge in [0.25, 0.3) is 5.91 Å². The normalized spacial score (nSPS) is 13.8. The minimum atomic E-state index is 0.111. The van der Waals surface area contributed by atoms with Gasteiger partial charge in [0.05, 0.1) is 0 Å². The molecule has 0 unspecified atom stereocenters. The Morgan fingerprint density at radius 3 is 2.65 bits per heavy atom. The molecule has 1 amide bonds. The van der Waals surface area contributed by atoms with Crippen LogP contribution >= 0.6 is 27.5 Å². The van der Waals surface area contributed by atoms with Crippen LogP contribution in [0.5, 0.6) is 0 Å². The molecule has 0 spiro atoms. The molecule has 3 rings (SSSR count). The summed E-state index contributed by atoms with van der Waals surface area (Å²) in [6.07, 6.45) is 0. The Balaban J connectivity index is 1.87. The Morgan fingerprint density at radius 1 is 1.25 bits per heavy atom. The number of carbonyl (C=O) groups excluding carboxylic acids is 1. The first-order chi connectivity index (χ1) is 9.54. The van der Waals surface area contributed by atoms with Crippen LogP contribution < -0.4 is 0 Å². The van der Waals surface area contributed by atoms with Crippen LogP contribution in [0.2, 0.25) is 5.02 Å². The van der Waals surface area contributed by atoms with Crippen LogP contribution in [0.15, 0.2) is 40.9 Å². The Bertz CT molecular complexity index is 682. The molecule has 0 N–H and O–H groups in total. The van der Waals surface area contributed by atoms with Crippen molar-refractivity contribution in [2.24, 2.45) is 0 Å². The molecular formula is C16H13BrClNO. The van der Waals surface area contributed by atoms with E-state index in [1.807, 2.05) is 48.2 Å². The number of aryl methyl sites for hydroxylation is 1. The molecule has 1 aliphatic heterocycles. The largest absolute Gasteiger partial charge is 0.330 e. The third kappa shape index (κ3) is 2.48. The fraction of sp³-hybridized carbons (Fsp3) is 0.188. The van der Waals surface area contributed by atoms with E-state index in [9.17, 15) is 4.79 Å². The average molecular weight is 351 g/mol. The Labute approximate surface area is 131 Å². The van der Waals surface area contributed by atoms with Gasteiger partial charge in [-0.15, -0.1) is 0 Å². The smallest absolute Gasteiger partial charge is 0.255 e. The van der Waals surface area contributed by atoms with Gasteiger partial charge in [0.2, 0.25) is 0 Å². The van der Waals surface area contributed by atoms with Crippen molar-refractivity contribution in [1.82, 2.24) is 4.90 Å². The van der Waals surface area contributed by atoms with E-state index in [1.54, 1.807) is 0 Å². The van der Waals surface area contributed by atoms with Gasteiger partial charge in [-0.25, -0.2) is 0 Å². The summed E-state index contributed by atoms with van der Waals surface area (Å²) in [5.41, 5.74) is 4.06. The molecule has 0 fully saturated rings. The number of amides is 1. The molecule has 2 aromatic carbocycles. The molecule has 1 heterocycles. The lowest BCUT2D eigenvalue weighted by atomic mass is 10.0. The molecule has 0 bridgehead atoms. The van der Waals surface area contributed by atoms with E-state index in [2.05, 4.69) is 15.9 Å². The predicted octanol–water partition coefficient (Wildman–Crippen LogP) is 4.57. The molecule has 0 aliphatic carbocycles. The SMILES string of the molecule is Cc1cc(Br)cc2c1C(=O)N(Cc1ccc(Cl)cc1)C2. The summed E-state index contributed by atoms with van der Waals surface area (Å²) in [5.74, 6) is 0.111. The molecule has 2 aromatic rings. The number of hydrogen-bond donors (Lipinski definition) is 0. The maximum Gasteiger partial charge on any atom is 0.255 e. The monoisotopic (exact) mass is 349 g/mol. The van der Waals surface area contributed by atoms with Crippen LogP contribution in [0.25, 0.3) is 0 Å². The highest BCUT2D eigenvalue weighted by Crippen LogP contribution is 2.30. The molecular weight excluding hydrogens is 338 g/mol. The summed E-state index contributed by atoms with van der Waals surface area (Å²) in [4.78, 5) is 14.4. The summed E-state index contributed by atoms with van der Waals surface area (Å²) >= 11 is 9.37. The van der Waals surface area contributed by atoms with Crippen LogP contribution in [0.4, 0.5) is 0 Å². The zero-order valence-corrected chi connectivity index (χ0v) is 13.3. The molecule has 0 atom stereocenters. The third-order valence-electron chi connectivity index (χ3n) is 3.53. The Hall–Kier alpha value is -1.32. The quantitative estimate of drug-likeness (QED) is 0.777. The van der Waals surface area contributed by atoms with Crippen LogP contribution in [0, 0.1) is 6.92 Å². The summed E-state index contributed by atoms with van der Waals surface area (Å²) in [7, 11) is 0. The first kappa shape index (κ1) is 13.7. The minimum Gasteiger partial charge on any atom is -0.330 e. The van der Waals surface area contributed by atoms with Gasteiger partial charge in [0.15, 0.2) is 0 Å². The maximum absolute atomic E-state index is 12.5. The van der Waals surface area contributed by atoms with Crippen molar-refractivity contribution in [3.63, 3.8) is 0 Å². The molecule has 2 nitrogen and oxygen atoms in total. The summed E-state index contributed by atoms with van der Waals surface area (Å²) < 4.78 is 1.02. The average Bonchev–Trinajstić information content (AvgIpc) is 2.69. The number of halogens is 2. The van der Waals surface area contributed by atoms with E-state index in [0.717, 1.165) is 26.7 Å². The molecule has 1 aliphatic rings. The number of rotatable bonds is 2. The van der Waals surface area contributed by atoms with E-state index in [0.29, 0.717) is 18.1 Å². The lowest BCUT2D eigenvalue weighted by Crippen LogP contribution is -2.23. The summed E-state index contributed by atoms with van der Waals surface area (Å²) in [5, 5.41) is 0.713. The van der Waals surface area contributed by atoms with Crippen molar-refractivity contribution in [3.05, 3.63) is 68.1 Å². The molecule has 0 saturated carbocycles. The number of carbonyl (C=O) groups is 1. The highest BCUT2D eigenvalue weighted by atomic mass is 79.9. The fourth-order valence-electron chi connectivity index (χ4n) is 2.62. The maximum atomic E-state index is 12.5. The van der Waals surface area contributed by atoms with Gasteiger partial charge in [0, 0.05) is 28.1 Å². The van der Waals surface area contributed by atoms with Gasteiger partial charge in [-0.3, -0.25) is 4.79 Å². The van der Waals surface area contributed by atoms with Gasteiger partial charge in [-0.2, -0.15) is 0 Å². The van der Waals surface area contributed by atoms with Crippen LogP contribution in [0.1, 0.15) is 27.0 Å². The topological polar surface area (TPSA) is 20.3 Å². The van der Waals surface area contributed by atoms with Crippen LogP contribution in [-0.2, 0) is 13.1 Å². The molecule has 4 heteroatoms. The van der Waals surface area contributed by atoms with Crippen LogP contribution in [-0.4, -0.2) is 10.8 Å². The molecule has 0 aromatic heterocycles. The van der Waals surface area contributed by atoms with E-state index in [-0.39, 0.29) is 5.91 Å². The first-order valence-corrected chi connectivity index (χ1v) is 7.54.